The normalized spacial score (nSPS) is 12.1. The summed E-state index contributed by atoms with van der Waals surface area (Å²) in [6.45, 7) is 2.07. The molecule has 1 atom stereocenters. The van der Waals surface area contributed by atoms with E-state index in [0.29, 0.717) is 13.0 Å². The van der Waals surface area contributed by atoms with E-state index >= 15 is 0 Å². The zero-order valence-electron chi connectivity index (χ0n) is 9.60. The van der Waals surface area contributed by atoms with Gasteiger partial charge in [-0.1, -0.05) is 0 Å². The van der Waals surface area contributed by atoms with Crippen molar-refractivity contribution in [1.29, 1.82) is 0 Å². The minimum absolute atomic E-state index is 0.190. The number of hydrogen-bond acceptors (Lipinski definition) is 4. The van der Waals surface area contributed by atoms with E-state index in [9.17, 15) is 9.59 Å². The molecular formula is C11H16N2O4. The van der Waals surface area contributed by atoms with Crippen LogP contribution in [0.25, 0.3) is 0 Å². The number of carbonyl (C=O) groups is 2. The molecular weight excluding hydrogens is 224 g/mol. The van der Waals surface area contributed by atoms with E-state index in [2.05, 4.69) is 10.6 Å². The van der Waals surface area contributed by atoms with E-state index in [1.807, 2.05) is 6.07 Å². The maximum Gasteiger partial charge on any atom is 0.327 e. The second-order valence-electron chi connectivity index (χ2n) is 3.62. The summed E-state index contributed by atoms with van der Waals surface area (Å²) in [5.41, 5.74) is 0. The number of carboxylic acid groups (broad SMARTS) is 1. The SMILES string of the molecule is CC(=O)NC(CNCCc1ccco1)C(=O)O. The molecule has 1 aromatic rings. The van der Waals surface area contributed by atoms with Crippen LogP contribution in [0.4, 0.5) is 0 Å². The summed E-state index contributed by atoms with van der Waals surface area (Å²) in [6, 6.07) is 2.75. The molecule has 1 aromatic heterocycles. The molecule has 17 heavy (non-hydrogen) atoms. The minimum atomic E-state index is -1.05. The minimum Gasteiger partial charge on any atom is -0.480 e. The summed E-state index contributed by atoms with van der Waals surface area (Å²) in [5.74, 6) is -0.570. The van der Waals surface area contributed by atoms with Gasteiger partial charge in [0, 0.05) is 26.4 Å². The second-order valence-corrected chi connectivity index (χ2v) is 3.62. The molecule has 0 aliphatic carbocycles. The Kier molecular flexibility index (Phi) is 5.22. The summed E-state index contributed by atoms with van der Waals surface area (Å²) in [5, 5.41) is 14.1. The van der Waals surface area contributed by atoms with Gasteiger partial charge < -0.3 is 20.2 Å². The van der Waals surface area contributed by atoms with Crippen LogP contribution in [0.3, 0.4) is 0 Å². The van der Waals surface area contributed by atoms with E-state index < -0.39 is 12.0 Å². The van der Waals surface area contributed by atoms with Crippen LogP contribution >= 0.6 is 0 Å². The van der Waals surface area contributed by atoms with Gasteiger partial charge in [0.1, 0.15) is 11.8 Å². The van der Waals surface area contributed by atoms with Crippen molar-refractivity contribution in [2.75, 3.05) is 13.1 Å². The first-order valence-electron chi connectivity index (χ1n) is 5.32. The Morgan fingerprint density at radius 2 is 2.29 bits per heavy atom. The molecule has 0 fully saturated rings. The van der Waals surface area contributed by atoms with Crippen molar-refractivity contribution >= 4 is 11.9 Å². The molecule has 6 nitrogen and oxygen atoms in total. The highest BCUT2D eigenvalue weighted by atomic mass is 16.4. The van der Waals surface area contributed by atoms with Gasteiger partial charge in [-0.25, -0.2) is 4.79 Å². The first kappa shape index (κ1) is 13.2. The van der Waals surface area contributed by atoms with E-state index in [0.717, 1.165) is 5.76 Å². The van der Waals surface area contributed by atoms with Gasteiger partial charge in [-0.05, 0) is 12.1 Å². The number of nitrogens with one attached hydrogen (secondary N) is 2. The van der Waals surface area contributed by atoms with Gasteiger partial charge in [-0.15, -0.1) is 0 Å². The fourth-order valence-corrected chi connectivity index (χ4v) is 1.36. The highest BCUT2D eigenvalue weighted by Crippen LogP contribution is 1.99. The van der Waals surface area contributed by atoms with Crippen LogP contribution in [0.5, 0.6) is 0 Å². The van der Waals surface area contributed by atoms with Crippen LogP contribution in [0.15, 0.2) is 22.8 Å². The summed E-state index contributed by atoms with van der Waals surface area (Å²) in [6.07, 6.45) is 2.27. The number of carbonyl (C=O) groups excluding carboxylic acids is 1. The molecule has 0 bridgehead atoms. The van der Waals surface area contributed by atoms with Crippen LogP contribution in [-0.4, -0.2) is 36.1 Å². The van der Waals surface area contributed by atoms with Crippen molar-refractivity contribution in [3.63, 3.8) is 0 Å². The largest absolute Gasteiger partial charge is 0.480 e. The molecule has 0 aromatic carbocycles. The van der Waals surface area contributed by atoms with Crippen molar-refractivity contribution in [2.24, 2.45) is 0 Å². The number of hydrogen-bond donors (Lipinski definition) is 3. The average Bonchev–Trinajstić information content (AvgIpc) is 2.74. The summed E-state index contributed by atoms with van der Waals surface area (Å²) < 4.78 is 5.13. The number of furan rings is 1. The lowest BCUT2D eigenvalue weighted by molar-refractivity contribution is -0.141. The van der Waals surface area contributed by atoms with Crippen molar-refractivity contribution in [3.8, 4) is 0 Å². The van der Waals surface area contributed by atoms with Gasteiger partial charge in [0.25, 0.3) is 0 Å². The van der Waals surface area contributed by atoms with E-state index in [4.69, 9.17) is 9.52 Å². The molecule has 0 aliphatic heterocycles. The molecule has 1 unspecified atom stereocenters. The first-order chi connectivity index (χ1) is 8.09. The third-order valence-electron chi connectivity index (χ3n) is 2.15. The fraction of sp³-hybridized carbons (Fsp3) is 0.455. The molecule has 0 saturated carbocycles. The molecule has 6 heteroatoms. The highest BCUT2D eigenvalue weighted by molar-refractivity contribution is 5.82. The van der Waals surface area contributed by atoms with Gasteiger partial charge in [0.2, 0.25) is 5.91 Å². The molecule has 0 spiro atoms. The van der Waals surface area contributed by atoms with Crippen molar-refractivity contribution < 1.29 is 19.1 Å². The second kappa shape index (κ2) is 6.70. The molecule has 3 N–H and O–H groups in total. The Bertz CT molecular complexity index is 362. The highest BCUT2D eigenvalue weighted by Gasteiger charge is 2.17. The molecule has 94 valence electrons. The quantitative estimate of drug-likeness (QED) is 0.583. The van der Waals surface area contributed by atoms with Gasteiger partial charge >= 0.3 is 5.97 Å². The van der Waals surface area contributed by atoms with Crippen LogP contribution in [0.2, 0.25) is 0 Å². The summed E-state index contributed by atoms with van der Waals surface area (Å²) >= 11 is 0. The van der Waals surface area contributed by atoms with Crippen LogP contribution < -0.4 is 10.6 Å². The van der Waals surface area contributed by atoms with Gasteiger partial charge in [-0.3, -0.25) is 4.79 Å². The Balaban J connectivity index is 2.23. The smallest absolute Gasteiger partial charge is 0.327 e. The number of rotatable bonds is 7. The Morgan fingerprint density at radius 3 is 2.82 bits per heavy atom. The van der Waals surface area contributed by atoms with Crippen molar-refractivity contribution in [2.45, 2.75) is 19.4 Å². The predicted octanol–water partition coefficient (Wildman–Crippen LogP) is 0.001000. The third kappa shape index (κ3) is 5.17. The molecule has 0 aliphatic rings. The van der Waals surface area contributed by atoms with E-state index in [-0.39, 0.29) is 12.5 Å². The van der Waals surface area contributed by atoms with Crippen LogP contribution in [0.1, 0.15) is 12.7 Å². The summed E-state index contributed by atoms with van der Waals surface area (Å²) in [7, 11) is 0. The van der Waals surface area contributed by atoms with Crippen LogP contribution in [-0.2, 0) is 16.0 Å². The molecule has 0 radical (unpaired) electrons. The van der Waals surface area contributed by atoms with E-state index in [1.54, 1.807) is 12.3 Å². The number of aliphatic carboxylic acids is 1. The van der Waals surface area contributed by atoms with Gasteiger partial charge in [-0.2, -0.15) is 0 Å². The molecule has 0 saturated heterocycles. The zero-order chi connectivity index (χ0) is 12.7. The standard InChI is InChI=1S/C11H16N2O4/c1-8(14)13-10(11(15)16)7-12-5-4-9-3-2-6-17-9/h2-3,6,10,12H,4-5,7H2,1H3,(H,13,14)(H,15,16). The topological polar surface area (TPSA) is 91.6 Å². The average molecular weight is 240 g/mol. The molecule has 1 rings (SSSR count). The fourth-order valence-electron chi connectivity index (χ4n) is 1.36. The number of amides is 1. The van der Waals surface area contributed by atoms with Gasteiger partial charge in [0.05, 0.1) is 6.26 Å². The lowest BCUT2D eigenvalue weighted by Gasteiger charge is -2.13. The maximum atomic E-state index is 10.8. The molecule has 1 amide bonds. The first-order valence-corrected chi connectivity index (χ1v) is 5.32. The Hall–Kier alpha value is -1.82. The third-order valence-corrected chi connectivity index (χ3v) is 2.15. The van der Waals surface area contributed by atoms with E-state index in [1.165, 1.54) is 6.92 Å². The van der Waals surface area contributed by atoms with Crippen molar-refractivity contribution in [1.82, 2.24) is 10.6 Å². The zero-order valence-corrected chi connectivity index (χ0v) is 9.60. The predicted molar refractivity (Wildman–Crippen MR) is 60.5 cm³/mol. The Morgan fingerprint density at radius 1 is 1.53 bits per heavy atom. The lowest BCUT2D eigenvalue weighted by Crippen LogP contribution is -2.46. The monoisotopic (exact) mass is 240 g/mol. The van der Waals surface area contributed by atoms with Crippen LogP contribution in [0, 0.1) is 0 Å². The Labute approximate surface area is 99.0 Å². The van der Waals surface area contributed by atoms with Gasteiger partial charge in [0.15, 0.2) is 0 Å². The summed E-state index contributed by atoms with van der Waals surface area (Å²) in [4.78, 5) is 21.5. The maximum absolute atomic E-state index is 10.8. The molecule has 1 heterocycles. The van der Waals surface area contributed by atoms with Crippen molar-refractivity contribution in [3.05, 3.63) is 24.2 Å². The number of carboxylic acids is 1. The lowest BCUT2D eigenvalue weighted by atomic mass is 10.2.